The normalized spacial score (nSPS) is 16.4. The van der Waals surface area contributed by atoms with Crippen molar-refractivity contribution in [1.82, 2.24) is 14.3 Å². The molecule has 0 amide bonds. The number of rotatable bonds is 3. The van der Waals surface area contributed by atoms with Gasteiger partial charge in [-0.2, -0.15) is 4.31 Å². The zero-order chi connectivity index (χ0) is 17.4. The molecule has 25 heavy (non-hydrogen) atoms. The number of imidazole rings is 1. The number of nitrogens with zero attached hydrogens (tertiary/aromatic N) is 2. The summed E-state index contributed by atoms with van der Waals surface area (Å²) in [5.41, 5.74) is 2.63. The quantitative estimate of drug-likeness (QED) is 0.704. The number of hydrogen-bond acceptors (Lipinski definition) is 4. The smallest absolute Gasteiger partial charge is 0.243 e. The third-order valence-corrected chi connectivity index (χ3v) is 6.59. The maximum Gasteiger partial charge on any atom is 0.243 e. The summed E-state index contributed by atoms with van der Waals surface area (Å²) in [4.78, 5) is 8.10. The zero-order valence-electron chi connectivity index (χ0n) is 13.3. The lowest BCUT2D eigenvalue weighted by Gasteiger charge is -2.26. The fraction of sp³-hybridized carbons (Fsp3) is 0.235. The molecule has 2 aromatic carbocycles. The van der Waals surface area contributed by atoms with Crippen molar-refractivity contribution in [2.75, 3.05) is 26.3 Å². The van der Waals surface area contributed by atoms with E-state index in [2.05, 4.69) is 25.9 Å². The van der Waals surface area contributed by atoms with Crippen LogP contribution in [-0.2, 0) is 14.8 Å². The molecular weight excluding hydrogens is 406 g/mol. The molecule has 1 aromatic heterocycles. The summed E-state index contributed by atoms with van der Waals surface area (Å²) in [6.07, 6.45) is 0. The van der Waals surface area contributed by atoms with Gasteiger partial charge in [0.05, 0.1) is 29.1 Å². The van der Waals surface area contributed by atoms with Crippen LogP contribution in [0.1, 0.15) is 0 Å². The van der Waals surface area contributed by atoms with Gasteiger partial charge in [0, 0.05) is 23.1 Å². The first-order valence-corrected chi connectivity index (χ1v) is 10.1. The second kappa shape index (κ2) is 6.53. The number of ether oxygens (including phenoxy) is 1. The van der Waals surface area contributed by atoms with E-state index >= 15 is 0 Å². The van der Waals surface area contributed by atoms with Gasteiger partial charge in [-0.1, -0.05) is 15.9 Å². The second-order valence-electron chi connectivity index (χ2n) is 5.79. The highest BCUT2D eigenvalue weighted by Gasteiger charge is 2.26. The first kappa shape index (κ1) is 16.7. The van der Waals surface area contributed by atoms with Crippen molar-refractivity contribution in [2.45, 2.75) is 4.90 Å². The number of halogens is 1. The van der Waals surface area contributed by atoms with E-state index in [1.807, 2.05) is 18.2 Å². The van der Waals surface area contributed by atoms with Crippen molar-refractivity contribution in [3.63, 3.8) is 0 Å². The van der Waals surface area contributed by atoms with Crippen LogP contribution < -0.4 is 0 Å². The van der Waals surface area contributed by atoms with Gasteiger partial charge in [-0.05, 0) is 42.5 Å². The number of sulfonamides is 1. The Bertz CT molecular complexity index is 1010. The third kappa shape index (κ3) is 3.22. The van der Waals surface area contributed by atoms with Gasteiger partial charge >= 0.3 is 0 Å². The van der Waals surface area contributed by atoms with Crippen LogP contribution in [0.2, 0.25) is 0 Å². The summed E-state index contributed by atoms with van der Waals surface area (Å²) in [7, 11) is -3.47. The Kier molecular flexibility index (Phi) is 4.36. The van der Waals surface area contributed by atoms with Gasteiger partial charge in [0.2, 0.25) is 10.0 Å². The topological polar surface area (TPSA) is 75.3 Å². The number of benzene rings is 2. The molecule has 1 fully saturated rings. The molecule has 2 heterocycles. The van der Waals surface area contributed by atoms with Gasteiger partial charge < -0.3 is 9.72 Å². The molecule has 6 nitrogen and oxygen atoms in total. The first-order chi connectivity index (χ1) is 12.0. The Morgan fingerprint density at radius 1 is 1.08 bits per heavy atom. The molecular formula is C17H16BrN3O3S. The first-order valence-electron chi connectivity index (χ1n) is 7.88. The predicted octanol–water partition coefficient (Wildman–Crippen LogP) is 3.01. The lowest BCUT2D eigenvalue weighted by atomic mass is 10.2. The van der Waals surface area contributed by atoms with Crippen LogP contribution in [-0.4, -0.2) is 49.0 Å². The molecule has 1 saturated heterocycles. The molecule has 0 saturated carbocycles. The number of H-pyrrole nitrogens is 1. The molecule has 1 aliphatic rings. The lowest BCUT2D eigenvalue weighted by Crippen LogP contribution is -2.40. The van der Waals surface area contributed by atoms with E-state index in [4.69, 9.17) is 4.74 Å². The van der Waals surface area contributed by atoms with E-state index < -0.39 is 10.0 Å². The van der Waals surface area contributed by atoms with Gasteiger partial charge in [-0.3, -0.25) is 0 Å². The van der Waals surface area contributed by atoms with Crippen LogP contribution in [0, 0.1) is 0 Å². The summed E-state index contributed by atoms with van der Waals surface area (Å²) in [6, 6.07) is 12.6. The van der Waals surface area contributed by atoms with E-state index in [9.17, 15) is 8.42 Å². The Labute approximate surface area is 154 Å². The molecule has 8 heteroatoms. The fourth-order valence-corrected chi connectivity index (χ4v) is 4.61. The highest BCUT2D eigenvalue weighted by molar-refractivity contribution is 9.10. The minimum absolute atomic E-state index is 0.289. The molecule has 1 N–H and O–H groups in total. The van der Waals surface area contributed by atoms with Crippen molar-refractivity contribution in [2.24, 2.45) is 0 Å². The summed E-state index contributed by atoms with van der Waals surface area (Å²) in [5, 5.41) is 0. The van der Waals surface area contributed by atoms with Crippen LogP contribution in [0.15, 0.2) is 51.8 Å². The third-order valence-electron chi connectivity index (χ3n) is 4.18. The number of aromatic amines is 1. The molecule has 0 unspecified atom stereocenters. The predicted molar refractivity (Wildman–Crippen MR) is 98.8 cm³/mol. The van der Waals surface area contributed by atoms with Crippen LogP contribution in [0.4, 0.5) is 0 Å². The van der Waals surface area contributed by atoms with Crippen molar-refractivity contribution >= 4 is 37.0 Å². The molecule has 130 valence electrons. The zero-order valence-corrected chi connectivity index (χ0v) is 15.7. The average molecular weight is 422 g/mol. The van der Waals surface area contributed by atoms with E-state index in [0.29, 0.717) is 32.1 Å². The molecule has 0 atom stereocenters. The van der Waals surface area contributed by atoms with Gasteiger partial charge in [-0.15, -0.1) is 0 Å². The molecule has 4 rings (SSSR count). The van der Waals surface area contributed by atoms with Crippen molar-refractivity contribution in [3.05, 3.63) is 46.9 Å². The molecule has 3 aromatic rings. The van der Waals surface area contributed by atoms with E-state index in [1.165, 1.54) is 4.31 Å². The Hall–Kier alpha value is -1.74. The molecule has 0 radical (unpaired) electrons. The highest BCUT2D eigenvalue weighted by atomic mass is 79.9. The van der Waals surface area contributed by atoms with Crippen molar-refractivity contribution < 1.29 is 13.2 Å². The summed E-state index contributed by atoms with van der Waals surface area (Å²) in [5.74, 6) is 0.712. The fourth-order valence-electron chi connectivity index (χ4n) is 2.84. The van der Waals surface area contributed by atoms with Gasteiger partial charge in [0.25, 0.3) is 0 Å². The number of morpholine rings is 1. The summed E-state index contributed by atoms with van der Waals surface area (Å²) >= 11 is 3.44. The summed E-state index contributed by atoms with van der Waals surface area (Å²) in [6.45, 7) is 1.66. The second-order valence-corrected chi connectivity index (χ2v) is 8.64. The Morgan fingerprint density at radius 2 is 1.80 bits per heavy atom. The minimum Gasteiger partial charge on any atom is -0.379 e. The summed E-state index contributed by atoms with van der Waals surface area (Å²) < 4.78 is 33.0. The van der Waals surface area contributed by atoms with Gasteiger partial charge in [0.15, 0.2) is 0 Å². The van der Waals surface area contributed by atoms with E-state index in [0.717, 1.165) is 21.1 Å². The number of fused-ring (bicyclic) bond motifs is 1. The number of aromatic nitrogens is 2. The van der Waals surface area contributed by atoms with Gasteiger partial charge in [-0.25, -0.2) is 13.4 Å². The Morgan fingerprint density at radius 3 is 2.52 bits per heavy atom. The van der Waals surface area contributed by atoms with Crippen LogP contribution in [0.3, 0.4) is 0 Å². The van der Waals surface area contributed by atoms with Crippen LogP contribution in [0.25, 0.3) is 22.4 Å². The lowest BCUT2D eigenvalue weighted by molar-refractivity contribution is 0.0730. The minimum atomic E-state index is -3.47. The number of hydrogen-bond donors (Lipinski definition) is 1. The standard InChI is InChI=1S/C17H16BrN3O3S/c18-13-3-6-15-16(11-13)20-17(19-15)12-1-4-14(5-2-12)25(22,23)21-7-9-24-10-8-21/h1-6,11H,7-10H2,(H,19,20). The van der Waals surface area contributed by atoms with Crippen LogP contribution >= 0.6 is 15.9 Å². The van der Waals surface area contributed by atoms with Gasteiger partial charge in [0.1, 0.15) is 5.82 Å². The van der Waals surface area contributed by atoms with E-state index in [1.54, 1.807) is 24.3 Å². The molecule has 1 aliphatic heterocycles. The maximum atomic E-state index is 12.7. The van der Waals surface area contributed by atoms with Crippen LogP contribution in [0.5, 0.6) is 0 Å². The van der Waals surface area contributed by atoms with Crippen molar-refractivity contribution in [1.29, 1.82) is 0 Å². The molecule has 0 aliphatic carbocycles. The largest absolute Gasteiger partial charge is 0.379 e. The monoisotopic (exact) mass is 421 g/mol. The Balaban J connectivity index is 1.64. The number of nitrogens with one attached hydrogen (secondary N) is 1. The molecule has 0 bridgehead atoms. The van der Waals surface area contributed by atoms with Crippen molar-refractivity contribution in [3.8, 4) is 11.4 Å². The SMILES string of the molecule is O=S(=O)(c1ccc(-c2nc3ccc(Br)cc3[nH]2)cc1)N1CCOCC1. The maximum absolute atomic E-state index is 12.7. The highest BCUT2D eigenvalue weighted by Crippen LogP contribution is 2.25. The van der Waals surface area contributed by atoms with E-state index in [-0.39, 0.29) is 4.90 Å². The average Bonchev–Trinajstić information content (AvgIpc) is 3.06. The molecule has 0 spiro atoms.